The van der Waals surface area contributed by atoms with Gasteiger partial charge >= 0.3 is 0 Å². The Morgan fingerprint density at radius 3 is 1.53 bits per heavy atom. The van der Waals surface area contributed by atoms with E-state index in [-0.39, 0.29) is 4.08 Å². The van der Waals surface area contributed by atoms with Crippen molar-refractivity contribution in [3.63, 3.8) is 0 Å². The molecule has 2 heteroatoms. The molecule has 0 N–H and O–H groups in total. The number of hydrogen-bond acceptors (Lipinski definition) is 2. The van der Waals surface area contributed by atoms with E-state index >= 15 is 0 Å². The second-order valence-electron chi connectivity index (χ2n) is 4.12. The van der Waals surface area contributed by atoms with E-state index in [1.54, 1.807) is 0 Å². The average molecular weight is 258 g/mol. The van der Waals surface area contributed by atoms with Gasteiger partial charge in [-0.2, -0.15) is 0 Å². The second kappa shape index (κ2) is 4.11. The van der Waals surface area contributed by atoms with Crippen molar-refractivity contribution in [1.29, 1.82) is 0 Å². The van der Waals surface area contributed by atoms with E-state index in [9.17, 15) is 0 Å². The van der Waals surface area contributed by atoms with Crippen LogP contribution in [-0.2, 0) is 4.08 Å². The van der Waals surface area contributed by atoms with Crippen molar-refractivity contribution in [1.82, 2.24) is 0 Å². The summed E-state index contributed by atoms with van der Waals surface area (Å²) in [7, 11) is 0. The largest absolute Gasteiger partial charge is 0.138 e. The fourth-order valence-corrected chi connectivity index (χ4v) is 4.94. The minimum absolute atomic E-state index is 0.0766. The van der Waals surface area contributed by atoms with Crippen LogP contribution in [0, 0.1) is 0 Å². The smallest absolute Gasteiger partial charge is 0.112 e. The Morgan fingerprint density at radius 2 is 1.12 bits per heavy atom. The lowest BCUT2D eigenvalue weighted by Gasteiger charge is -2.27. The third kappa shape index (κ3) is 1.40. The maximum atomic E-state index is 2.27. The Kier molecular flexibility index (Phi) is 2.72. The number of benzene rings is 2. The highest BCUT2D eigenvalue weighted by molar-refractivity contribution is 8.17. The molecule has 0 aliphatic heterocycles. The minimum atomic E-state index is 0.0766. The summed E-state index contributed by atoms with van der Waals surface area (Å²) in [6, 6.07) is 17.6. The van der Waals surface area contributed by atoms with Crippen LogP contribution in [-0.4, -0.2) is 12.5 Å². The molecule has 0 amide bonds. The third-order valence-electron chi connectivity index (χ3n) is 3.43. The number of rotatable bonds is 2. The Morgan fingerprint density at radius 1 is 0.706 bits per heavy atom. The van der Waals surface area contributed by atoms with Crippen molar-refractivity contribution in [2.24, 2.45) is 0 Å². The molecule has 17 heavy (non-hydrogen) atoms. The van der Waals surface area contributed by atoms with Crippen molar-refractivity contribution in [3.8, 4) is 11.1 Å². The SMILES string of the molecule is CSC1(SC)c2ccccc2-c2ccccc21. The lowest BCUT2D eigenvalue weighted by Crippen LogP contribution is -2.14. The van der Waals surface area contributed by atoms with E-state index in [0.717, 1.165) is 0 Å². The average Bonchev–Trinajstić information content (AvgIpc) is 2.70. The summed E-state index contributed by atoms with van der Waals surface area (Å²) in [5.41, 5.74) is 5.68. The predicted molar refractivity (Wildman–Crippen MR) is 79.7 cm³/mol. The molecule has 0 heterocycles. The van der Waals surface area contributed by atoms with Gasteiger partial charge in [-0.05, 0) is 34.8 Å². The molecule has 2 aromatic rings. The highest BCUT2D eigenvalue weighted by Gasteiger charge is 2.41. The van der Waals surface area contributed by atoms with Crippen molar-refractivity contribution in [2.75, 3.05) is 12.5 Å². The van der Waals surface area contributed by atoms with Crippen molar-refractivity contribution >= 4 is 23.5 Å². The van der Waals surface area contributed by atoms with Crippen LogP contribution in [0.1, 0.15) is 11.1 Å². The zero-order valence-electron chi connectivity index (χ0n) is 9.94. The molecule has 0 fully saturated rings. The van der Waals surface area contributed by atoms with Gasteiger partial charge in [-0.15, -0.1) is 23.5 Å². The Hall–Kier alpha value is -0.860. The van der Waals surface area contributed by atoms with E-state index in [0.29, 0.717) is 0 Å². The molecule has 0 saturated carbocycles. The van der Waals surface area contributed by atoms with Crippen molar-refractivity contribution < 1.29 is 0 Å². The van der Waals surface area contributed by atoms with Gasteiger partial charge in [0.15, 0.2) is 0 Å². The van der Waals surface area contributed by atoms with Crippen LogP contribution < -0.4 is 0 Å². The van der Waals surface area contributed by atoms with E-state index in [2.05, 4.69) is 61.0 Å². The zero-order chi connectivity index (χ0) is 11.9. The second-order valence-corrected chi connectivity index (χ2v) is 6.42. The van der Waals surface area contributed by atoms with Gasteiger partial charge in [0.2, 0.25) is 0 Å². The topological polar surface area (TPSA) is 0 Å². The number of hydrogen-bond donors (Lipinski definition) is 0. The molecule has 0 saturated heterocycles. The minimum Gasteiger partial charge on any atom is -0.138 e. The van der Waals surface area contributed by atoms with Gasteiger partial charge in [0, 0.05) is 0 Å². The molecule has 3 rings (SSSR count). The summed E-state index contributed by atoms with van der Waals surface area (Å²) < 4.78 is 0.0766. The molecule has 0 nitrogen and oxygen atoms in total. The molecule has 0 atom stereocenters. The highest BCUT2D eigenvalue weighted by atomic mass is 32.2. The van der Waals surface area contributed by atoms with Crippen molar-refractivity contribution in [2.45, 2.75) is 4.08 Å². The first-order valence-electron chi connectivity index (χ1n) is 5.63. The van der Waals surface area contributed by atoms with Gasteiger partial charge in [0.1, 0.15) is 4.08 Å². The first-order valence-corrected chi connectivity index (χ1v) is 8.08. The Labute approximate surface area is 111 Å². The number of fused-ring (bicyclic) bond motifs is 3. The van der Waals surface area contributed by atoms with E-state index in [4.69, 9.17) is 0 Å². The fraction of sp³-hybridized carbons (Fsp3) is 0.200. The van der Waals surface area contributed by atoms with Crippen LogP contribution in [0.25, 0.3) is 11.1 Å². The summed E-state index contributed by atoms with van der Waals surface area (Å²) in [4.78, 5) is 0. The van der Waals surface area contributed by atoms with Gasteiger partial charge in [0.25, 0.3) is 0 Å². The lowest BCUT2D eigenvalue weighted by molar-refractivity contribution is 1.13. The van der Waals surface area contributed by atoms with E-state index < -0.39 is 0 Å². The molecule has 2 aromatic carbocycles. The van der Waals surface area contributed by atoms with Crippen LogP contribution in [0.15, 0.2) is 48.5 Å². The van der Waals surface area contributed by atoms with Crippen LogP contribution in [0.4, 0.5) is 0 Å². The number of thioether (sulfide) groups is 2. The summed E-state index contributed by atoms with van der Waals surface area (Å²) in [6.45, 7) is 0. The van der Waals surface area contributed by atoms with E-state index in [1.165, 1.54) is 22.3 Å². The van der Waals surface area contributed by atoms with E-state index in [1.807, 2.05) is 23.5 Å². The molecule has 0 radical (unpaired) electrons. The molecule has 1 aliphatic carbocycles. The first-order chi connectivity index (χ1) is 8.33. The van der Waals surface area contributed by atoms with Gasteiger partial charge in [-0.3, -0.25) is 0 Å². The summed E-state index contributed by atoms with van der Waals surface area (Å²) in [6.07, 6.45) is 4.41. The molecular formula is C15H14S2. The highest BCUT2D eigenvalue weighted by Crippen LogP contribution is 2.59. The quantitative estimate of drug-likeness (QED) is 0.722. The molecule has 0 bridgehead atoms. The van der Waals surface area contributed by atoms with Gasteiger partial charge in [0.05, 0.1) is 0 Å². The fourth-order valence-electron chi connectivity index (χ4n) is 2.68. The molecule has 0 unspecified atom stereocenters. The molecular weight excluding hydrogens is 244 g/mol. The normalized spacial score (nSPS) is 15.4. The lowest BCUT2D eigenvalue weighted by atomic mass is 10.1. The Balaban J connectivity index is 2.38. The van der Waals surface area contributed by atoms with Crippen LogP contribution >= 0.6 is 23.5 Å². The maximum absolute atomic E-state index is 2.27. The monoisotopic (exact) mass is 258 g/mol. The maximum Gasteiger partial charge on any atom is 0.112 e. The summed E-state index contributed by atoms with van der Waals surface area (Å²) in [5.74, 6) is 0. The van der Waals surface area contributed by atoms with Crippen molar-refractivity contribution in [3.05, 3.63) is 59.7 Å². The van der Waals surface area contributed by atoms with Crippen LogP contribution in [0.3, 0.4) is 0 Å². The molecule has 1 aliphatic rings. The Bertz CT molecular complexity index is 509. The third-order valence-corrected chi connectivity index (χ3v) is 6.46. The van der Waals surface area contributed by atoms with Gasteiger partial charge in [-0.1, -0.05) is 48.5 Å². The van der Waals surface area contributed by atoms with Crippen LogP contribution in [0.5, 0.6) is 0 Å². The first kappa shape index (κ1) is 11.2. The molecule has 0 spiro atoms. The molecule has 0 aromatic heterocycles. The predicted octanol–water partition coefficient (Wildman–Crippen LogP) is 4.59. The standard InChI is InChI=1S/C15H14S2/c1-16-15(17-2)13-9-5-3-7-11(13)12-8-4-6-10-14(12)15/h3-10H,1-2H3. The summed E-state index contributed by atoms with van der Waals surface area (Å²) >= 11 is 3.86. The summed E-state index contributed by atoms with van der Waals surface area (Å²) in [5, 5.41) is 0. The van der Waals surface area contributed by atoms with Gasteiger partial charge in [-0.25, -0.2) is 0 Å². The molecule has 86 valence electrons. The van der Waals surface area contributed by atoms with Crippen LogP contribution in [0.2, 0.25) is 0 Å². The van der Waals surface area contributed by atoms with Gasteiger partial charge < -0.3 is 0 Å². The zero-order valence-corrected chi connectivity index (χ0v) is 11.6.